The maximum Gasteiger partial charge on any atom is 0.199 e. The second-order valence-corrected chi connectivity index (χ2v) is 5.47. The fourth-order valence-electron chi connectivity index (χ4n) is 1.80. The third kappa shape index (κ3) is 2.03. The standard InChI is InChI=1S/C12H15NO4S/c1-8-9(2)18(15)13(12(8)17-14)10-4-6-11(16-3)7-5-10/h4-7,12,14H,1-3H3/t12-,18?/m0/s1. The van der Waals surface area contributed by atoms with Gasteiger partial charge in [-0.05, 0) is 43.7 Å². The lowest BCUT2D eigenvalue weighted by Crippen LogP contribution is -2.33. The molecule has 6 heteroatoms. The molecule has 5 nitrogen and oxygen atoms in total. The number of hydrogen-bond acceptors (Lipinski definition) is 4. The van der Waals surface area contributed by atoms with Crippen molar-refractivity contribution in [1.82, 2.24) is 0 Å². The van der Waals surface area contributed by atoms with Crippen LogP contribution in [0.3, 0.4) is 0 Å². The second kappa shape index (κ2) is 5.09. The van der Waals surface area contributed by atoms with Crippen molar-refractivity contribution >= 4 is 16.7 Å². The molecular weight excluding hydrogens is 254 g/mol. The number of anilines is 1. The van der Waals surface area contributed by atoms with Crippen LogP contribution in [0.25, 0.3) is 0 Å². The summed E-state index contributed by atoms with van der Waals surface area (Å²) in [7, 11) is 0.244. The average molecular weight is 269 g/mol. The average Bonchev–Trinajstić information content (AvgIpc) is 2.63. The molecule has 1 aromatic rings. The summed E-state index contributed by atoms with van der Waals surface area (Å²) in [5, 5.41) is 8.97. The minimum atomic E-state index is -1.34. The summed E-state index contributed by atoms with van der Waals surface area (Å²) >= 11 is 0. The Kier molecular flexibility index (Phi) is 3.70. The molecule has 18 heavy (non-hydrogen) atoms. The molecule has 2 rings (SSSR count). The van der Waals surface area contributed by atoms with Crippen LogP contribution < -0.4 is 9.04 Å². The maximum atomic E-state index is 12.2. The minimum Gasteiger partial charge on any atom is -0.497 e. The second-order valence-electron chi connectivity index (χ2n) is 3.97. The summed E-state index contributed by atoms with van der Waals surface area (Å²) in [6.45, 7) is 3.55. The lowest BCUT2D eigenvalue weighted by Gasteiger charge is -2.23. The Hall–Kier alpha value is -1.37. The lowest BCUT2D eigenvalue weighted by molar-refractivity contribution is -0.264. The summed E-state index contributed by atoms with van der Waals surface area (Å²) in [4.78, 5) is 5.13. The molecule has 0 saturated carbocycles. The van der Waals surface area contributed by atoms with Crippen molar-refractivity contribution in [2.45, 2.75) is 20.1 Å². The molecule has 0 aliphatic carbocycles. The first-order valence-corrected chi connectivity index (χ1v) is 6.53. The van der Waals surface area contributed by atoms with E-state index in [9.17, 15) is 4.21 Å². The van der Waals surface area contributed by atoms with Crippen LogP contribution in [-0.4, -0.2) is 22.8 Å². The van der Waals surface area contributed by atoms with Gasteiger partial charge in [0.05, 0.1) is 12.8 Å². The molecule has 2 atom stereocenters. The molecular formula is C12H15NO4S. The zero-order chi connectivity index (χ0) is 13.3. The molecule has 0 amide bonds. The van der Waals surface area contributed by atoms with Gasteiger partial charge in [0.2, 0.25) is 0 Å². The summed E-state index contributed by atoms with van der Waals surface area (Å²) in [6, 6.07) is 7.08. The first-order chi connectivity index (χ1) is 8.60. The van der Waals surface area contributed by atoms with Crippen molar-refractivity contribution in [3.05, 3.63) is 34.7 Å². The molecule has 1 heterocycles. The number of benzene rings is 1. The van der Waals surface area contributed by atoms with Crippen LogP contribution in [0.2, 0.25) is 0 Å². The van der Waals surface area contributed by atoms with Gasteiger partial charge >= 0.3 is 0 Å². The fraction of sp³-hybridized carbons (Fsp3) is 0.333. The zero-order valence-corrected chi connectivity index (χ0v) is 11.2. The molecule has 0 spiro atoms. The number of methoxy groups -OCH3 is 1. The highest BCUT2D eigenvalue weighted by Gasteiger charge is 2.36. The number of rotatable bonds is 3. The summed E-state index contributed by atoms with van der Waals surface area (Å²) in [6.07, 6.45) is -0.709. The highest BCUT2D eigenvalue weighted by Crippen LogP contribution is 2.34. The van der Waals surface area contributed by atoms with Gasteiger partial charge in [-0.2, -0.15) is 0 Å². The van der Waals surface area contributed by atoms with Crippen LogP contribution >= 0.6 is 0 Å². The Morgan fingerprint density at radius 1 is 1.28 bits per heavy atom. The van der Waals surface area contributed by atoms with Gasteiger partial charge in [0.25, 0.3) is 0 Å². The van der Waals surface area contributed by atoms with E-state index in [1.165, 1.54) is 4.31 Å². The summed E-state index contributed by atoms with van der Waals surface area (Å²) in [5.41, 5.74) is 1.45. The van der Waals surface area contributed by atoms with Crippen LogP contribution in [0.5, 0.6) is 5.75 Å². The van der Waals surface area contributed by atoms with Crippen LogP contribution in [0.15, 0.2) is 34.7 Å². The molecule has 98 valence electrons. The monoisotopic (exact) mass is 269 g/mol. The van der Waals surface area contributed by atoms with Gasteiger partial charge in [0.15, 0.2) is 17.2 Å². The maximum absolute atomic E-state index is 12.2. The van der Waals surface area contributed by atoms with Crippen molar-refractivity contribution in [3.8, 4) is 5.75 Å². The highest BCUT2D eigenvalue weighted by molar-refractivity contribution is 7.90. The molecule has 1 aliphatic rings. The van der Waals surface area contributed by atoms with Gasteiger partial charge in [0, 0.05) is 4.91 Å². The zero-order valence-electron chi connectivity index (χ0n) is 10.4. The van der Waals surface area contributed by atoms with Crippen molar-refractivity contribution in [1.29, 1.82) is 0 Å². The summed E-state index contributed by atoms with van der Waals surface area (Å²) < 4.78 is 18.8. The van der Waals surface area contributed by atoms with E-state index in [0.29, 0.717) is 16.3 Å². The Bertz CT molecular complexity index is 497. The van der Waals surface area contributed by atoms with E-state index in [-0.39, 0.29) is 0 Å². The van der Waals surface area contributed by atoms with Gasteiger partial charge < -0.3 is 4.74 Å². The molecule has 0 aromatic heterocycles. The predicted octanol–water partition coefficient (Wildman–Crippen LogP) is 2.29. The fourth-order valence-corrected chi connectivity index (χ4v) is 3.16. The predicted molar refractivity (Wildman–Crippen MR) is 69.5 cm³/mol. The minimum absolute atomic E-state index is 0.699. The lowest BCUT2D eigenvalue weighted by atomic mass is 10.2. The molecule has 1 N–H and O–H groups in total. The van der Waals surface area contributed by atoms with E-state index in [4.69, 9.17) is 9.99 Å². The Balaban J connectivity index is 2.35. The van der Waals surface area contributed by atoms with Gasteiger partial charge in [-0.25, -0.2) is 14.4 Å². The smallest absolute Gasteiger partial charge is 0.199 e. The molecule has 1 unspecified atom stereocenters. The number of nitrogens with zero attached hydrogens (tertiary/aromatic N) is 1. The summed E-state index contributed by atoms with van der Waals surface area (Å²) in [5.74, 6) is 0.714. The molecule has 0 bridgehead atoms. The van der Waals surface area contributed by atoms with Gasteiger partial charge in [-0.15, -0.1) is 0 Å². The normalized spacial score (nSPS) is 23.7. The van der Waals surface area contributed by atoms with E-state index in [1.54, 1.807) is 45.2 Å². The van der Waals surface area contributed by atoms with Gasteiger partial charge in [-0.1, -0.05) is 0 Å². The van der Waals surface area contributed by atoms with Crippen molar-refractivity contribution < 1.29 is 19.1 Å². The van der Waals surface area contributed by atoms with E-state index < -0.39 is 17.2 Å². The van der Waals surface area contributed by atoms with Crippen molar-refractivity contribution in [3.63, 3.8) is 0 Å². The number of ether oxygens (including phenoxy) is 1. The molecule has 1 aromatic carbocycles. The van der Waals surface area contributed by atoms with E-state index in [1.807, 2.05) is 0 Å². The van der Waals surface area contributed by atoms with Gasteiger partial charge in [0.1, 0.15) is 5.75 Å². The molecule has 1 aliphatic heterocycles. The van der Waals surface area contributed by atoms with Crippen LogP contribution in [-0.2, 0) is 15.9 Å². The quantitative estimate of drug-likeness (QED) is 0.675. The molecule has 0 saturated heterocycles. The van der Waals surface area contributed by atoms with E-state index >= 15 is 0 Å². The van der Waals surface area contributed by atoms with Crippen molar-refractivity contribution in [2.24, 2.45) is 0 Å². The van der Waals surface area contributed by atoms with E-state index in [0.717, 1.165) is 5.57 Å². The van der Waals surface area contributed by atoms with Crippen molar-refractivity contribution in [2.75, 3.05) is 11.4 Å². The van der Waals surface area contributed by atoms with Gasteiger partial charge in [-0.3, -0.25) is 4.31 Å². The molecule has 0 radical (unpaired) electrons. The topological polar surface area (TPSA) is 59.0 Å². The highest BCUT2D eigenvalue weighted by atomic mass is 32.2. The Labute approximate surface area is 108 Å². The van der Waals surface area contributed by atoms with Crippen LogP contribution in [0.1, 0.15) is 13.8 Å². The molecule has 0 fully saturated rings. The third-order valence-corrected chi connectivity index (χ3v) is 4.61. The number of hydrogen-bond donors (Lipinski definition) is 1. The van der Waals surface area contributed by atoms with Crippen LogP contribution in [0.4, 0.5) is 5.69 Å². The third-order valence-electron chi connectivity index (χ3n) is 3.01. The number of allylic oxidation sites excluding steroid dienone is 1. The Morgan fingerprint density at radius 3 is 2.39 bits per heavy atom. The Morgan fingerprint density at radius 2 is 1.89 bits per heavy atom. The largest absolute Gasteiger partial charge is 0.497 e. The SMILES string of the molecule is COc1ccc(N2[C@@H](OO)C(C)=C(C)S2=O)cc1. The first kappa shape index (κ1) is 13.1. The van der Waals surface area contributed by atoms with Crippen LogP contribution in [0, 0.1) is 0 Å². The van der Waals surface area contributed by atoms with E-state index in [2.05, 4.69) is 4.89 Å². The first-order valence-electron chi connectivity index (χ1n) is 5.43.